The van der Waals surface area contributed by atoms with Gasteiger partial charge in [-0.15, -0.1) is 0 Å². The van der Waals surface area contributed by atoms with E-state index in [2.05, 4.69) is 101 Å². The number of fused-ring (bicyclic) bond motifs is 4. The van der Waals surface area contributed by atoms with Crippen LogP contribution in [0.15, 0.2) is 162 Å². The summed E-state index contributed by atoms with van der Waals surface area (Å²) in [7, 11) is -0.423. The number of rotatable bonds is 8. The average molecular weight is 864 g/mol. The number of hydrogen-bond acceptors (Lipinski definition) is 6. The van der Waals surface area contributed by atoms with E-state index in [1.165, 1.54) is 53.1 Å². The first-order valence-corrected chi connectivity index (χ1v) is 20.3. The Balaban J connectivity index is 0.000000140. The zero-order valence-electron chi connectivity index (χ0n) is 33.7. The van der Waals surface area contributed by atoms with Crippen molar-refractivity contribution in [2.75, 3.05) is 13.2 Å². The number of halogens is 1. The first-order valence-electron chi connectivity index (χ1n) is 19.5. The molecule has 0 aliphatic carbocycles. The van der Waals surface area contributed by atoms with Crippen LogP contribution in [0.2, 0.25) is 0 Å². The summed E-state index contributed by atoms with van der Waals surface area (Å²) in [6.45, 7) is 7.30. The molecule has 1 heterocycles. The Morgan fingerprint density at radius 2 is 0.883 bits per heavy atom. The minimum atomic E-state index is -1.000. The maximum Gasteiger partial charge on any atom is 0.494 e. The molecular formula is C50H44BBrO8. The van der Waals surface area contributed by atoms with Crippen LogP contribution < -0.4 is 14.9 Å². The monoisotopic (exact) mass is 862 g/mol. The maximum absolute atomic E-state index is 10.6. The van der Waals surface area contributed by atoms with E-state index in [0.29, 0.717) is 11.5 Å². The van der Waals surface area contributed by atoms with E-state index in [9.17, 15) is 9.59 Å². The summed E-state index contributed by atoms with van der Waals surface area (Å²) >= 11 is 3.68. The van der Waals surface area contributed by atoms with Crippen LogP contribution in [0.4, 0.5) is 0 Å². The average Bonchev–Trinajstić information content (AvgIpc) is 3.47. The molecule has 0 unspecified atom stereocenters. The molecule has 302 valence electrons. The second-order valence-electron chi connectivity index (χ2n) is 15.4. The zero-order valence-corrected chi connectivity index (χ0v) is 35.3. The lowest BCUT2D eigenvalue weighted by molar-refractivity contribution is -0.140. The molecule has 1 saturated heterocycles. The summed E-state index contributed by atoms with van der Waals surface area (Å²) in [6, 6.07) is 52.6. The largest absolute Gasteiger partial charge is 0.494 e. The quantitative estimate of drug-likeness (QED) is 0.115. The fourth-order valence-electron chi connectivity index (χ4n) is 6.99. The third-order valence-corrected chi connectivity index (χ3v) is 11.6. The highest BCUT2D eigenvalue weighted by Gasteiger charge is 2.51. The van der Waals surface area contributed by atoms with Gasteiger partial charge in [0.2, 0.25) is 0 Å². The van der Waals surface area contributed by atoms with Gasteiger partial charge in [0, 0.05) is 4.47 Å². The Labute approximate surface area is 357 Å². The van der Waals surface area contributed by atoms with E-state index < -0.39 is 19.1 Å². The Hall–Kier alpha value is -6.20. The molecule has 8 nitrogen and oxygen atoms in total. The second-order valence-corrected chi connectivity index (χ2v) is 16.2. The minimum absolute atomic E-state index is 0.337. The second kappa shape index (κ2) is 18.0. The number of carboxylic acids is 2. The topological polar surface area (TPSA) is 112 Å². The molecule has 0 bridgehead atoms. The van der Waals surface area contributed by atoms with Crippen molar-refractivity contribution in [3.63, 3.8) is 0 Å². The third-order valence-electron chi connectivity index (χ3n) is 10.7. The lowest BCUT2D eigenvalue weighted by atomic mass is 9.79. The Morgan fingerprint density at radius 1 is 0.533 bits per heavy atom. The first kappa shape index (κ1) is 41.9. The van der Waals surface area contributed by atoms with Crippen molar-refractivity contribution in [3.05, 3.63) is 162 Å². The lowest BCUT2D eigenvalue weighted by Crippen LogP contribution is -2.41. The van der Waals surface area contributed by atoms with E-state index in [4.69, 9.17) is 29.0 Å². The van der Waals surface area contributed by atoms with Gasteiger partial charge >= 0.3 is 19.1 Å². The van der Waals surface area contributed by atoms with Crippen LogP contribution >= 0.6 is 15.9 Å². The number of hydrogen-bond donors (Lipinski definition) is 2. The van der Waals surface area contributed by atoms with Crippen molar-refractivity contribution in [2.24, 2.45) is 0 Å². The lowest BCUT2D eigenvalue weighted by Gasteiger charge is -2.32. The molecular weight excluding hydrogens is 819 g/mol. The molecule has 0 amide bonds. The van der Waals surface area contributed by atoms with Crippen molar-refractivity contribution in [1.82, 2.24) is 0 Å². The molecule has 1 aliphatic heterocycles. The van der Waals surface area contributed by atoms with Crippen LogP contribution in [0.5, 0.6) is 11.5 Å². The molecule has 8 aromatic carbocycles. The van der Waals surface area contributed by atoms with Gasteiger partial charge in [0.05, 0.1) is 11.2 Å². The maximum atomic E-state index is 10.6. The highest BCUT2D eigenvalue weighted by molar-refractivity contribution is 9.10. The third kappa shape index (κ3) is 9.47. The summed E-state index contributed by atoms with van der Waals surface area (Å²) in [4.78, 5) is 21.1. The number of benzene rings is 8. The van der Waals surface area contributed by atoms with Gasteiger partial charge < -0.3 is 29.0 Å². The first-order chi connectivity index (χ1) is 28.8. The number of aliphatic carboxylic acids is 2. The molecule has 0 aromatic heterocycles. The minimum Gasteiger partial charge on any atom is -0.482 e. The molecule has 9 rings (SSSR count). The van der Waals surface area contributed by atoms with Crippen molar-refractivity contribution in [1.29, 1.82) is 0 Å². The summed E-state index contributed by atoms with van der Waals surface area (Å²) in [5.41, 5.74) is 2.38. The van der Waals surface area contributed by atoms with E-state index in [1.807, 2.05) is 88.4 Å². The highest BCUT2D eigenvalue weighted by Crippen LogP contribution is 2.38. The van der Waals surface area contributed by atoms with Crippen LogP contribution in [-0.4, -0.2) is 53.7 Å². The molecule has 10 heteroatoms. The molecule has 1 aliphatic rings. The van der Waals surface area contributed by atoms with Gasteiger partial charge in [0.25, 0.3) is 0 Å². The van der Waals surface area contributed by atoms with E-state index in [-0.39, 0.29) is 24.4 Å². The van der Waals surface area contributed by atoms with Crippen molar-refractivity contribution in [2.45, 2.75) is 38.9 Å². The summed E-state index contributed by atoms with van der Waals surface area (Å²) in [5.74, 6) is -0.924. The number of ether oxygens (including phenoxy) is 2. The fraction of sp³-hybridized carbons (Fsp3) is 0.160. The van der Waals surface area contributed by atoms with Crippen LogP contribution in [0, 0.1) is 0 Å². The molecule has 0 radical (unpaired) electrons. The van der Waals surface area contributed by atoms with E-state index in [0.717, 1.165) is 11.0 Å². The van der Waals surface area contributed by atoms with Gasteiger partial charge in [-0.05, 0) is 140 Å². The number of carbonyl (C=O) groups is 2. The fourth-order valence-corrected chi connectivity index (χ4v) is 7.71. The molecule has 0 atom stereocenters. The van der Waals surface area contributed by atoms with Gasteiger partial charge in [0.15, 0.2) is 13.2 Å². The Bertz CT molecular complexity index is 2680. The number of carboxylic acid groups (broad SMARTS) is 2. The molecule has 8 aromatic rings. The Morgan fingerprint density at radius 3 is 1.28 bits per heavy atom. The molecule has 60 heavy (non-hydrogen) atoms. The predicted octanol–water partition coefficient (Wildman–Crippen LogP) is 11.3. The van der Waals surface area contributed by atoms with Gasteiger partial charge in [-0.25, -0.2) is 9.59 Å². The summed E-state index contributed by atoms with van der Waals surface area (Å²) in [6.07, 6.45) is 0. The highest BCUT2D eigenvalue weighted by atomic mass is 79.9. The van der Waals surface area contributed by atoms with Gasteiger partial charge in [-0.1, -0.05) is 121 Å². The standard InChI is InChI=1S/C22H16O3.C14H19BO5.C14H9Br/c23-21(24)14-25-18-11-9-15(10-12-18)22-19-7-3-1-5-16(19)13-17-6-2-4-8-20(17)22;1-13(2)14(3,4)20-15(19-13)10-5-7-11(8-6-10)18-9-12(16)17;15-14-12-7-3-1-5-10(12)9-11-6-2-4-8-13(11)14/h1-13H,14H2,(H,23,24);5-8H,9H2,1-4H3,(H,16,17);1-9H. The van der Waals surface area contributed by atoms with E-state index >= 15 is 0 Å². The molecule has 0 saturated carbocycles. The molecule has 2 N–H and O–H groups in total. The van der Waals surface area contributed by atoms with Crippen LogP contribution in [0.1, 0.15) is 27.7 Å². The van der Waals surface area contributed by atoms with Crippen molar-refractivity contribution < 1.29 is 38.6 Å². The summed E-state index contributed by atoms with van der Waals surface area (Å²) in [5, 5.41) is 27.2. The SMILES string of the molecule is Brc1c2ccccc2cc2ccccc12.CC1(C)OB(c2ccc(OCC(=O)O)cc2)OC1(C)C.O=C(O)COc1ccc(-c2c3ccccc3cc3ccccc23)cc1. The molecule has 0 spiro atoms. The van der Waals surface area contributed by atoms with Gasteiger partial charge in [-0.2, -0.15) is 0 Å². The Kier molecular flexibility index (Phi) is 12.6. The van der Waals surface area contributed by atoms with Gasteiger partial charge in [-0.3, -0.25) is 0 Å². The van der Waals surface area contributed by atoms with Crippen molar-refractivity contribution >= 4 is 83.5 Å². The van der Waals surface area contributed by atoms with Gasteiger partial charge in [0.1, 0.15) is 11.5 Å². The van der Waals surface area contributed by atoms with Crippen molar-refractivity contribution in [3.8, 4) is 22.6 Å². The van der Waals surface area contributed by atoms with Crippen LogP contribution in [0.25, 0.3) is 54.2 Å². The zero-order chi connectivity index (χ0) is 42.4. The smallest absolute Gasteiger partial charge is 0.482 e. The predicted molar refractivity (Wildman–Crippen MR) is 244 cm³/mol. The van der Waals surface area contributed by atoms with E-state index in [1.54, 1.807) is 12.1 Å². The molecule has 1 fully saturated rings. The van der Waals surface area contributed by atoms with Crippen LogP contribution in [0.3, 0.4) is 0 Å². The van der Waals surface area contributed by atoms with Crippen LogP contribution in [-0.2, 0) is 18.9 Å². The summed E-state index contributed by atoms with van der Waals surface area (Å²) < 4.78 is 23.4. The normalized spacial score (nSPS) is 13.9.